The smallest absolute Gasteiger partial charge is 0.336 e. The van der Waals surface area contributed by atoms with Crippen LogP contribution in [0, 0.1) is 0 Å². The second kappa shape index (κ2) is 6.79. The van der Waals surface area contributed by atoms with Crippen molar-refractivity contribution in [2.45, 2.75) is 5.92 Å². The number of rotatable bonds is 3. The van der Waals surface area contributed by atoms with E-state index in [9.17, 15) is 9.59 Å². The van der Waals surface area contributed by atoms with Gasteiger partial charge in [0.25, 0.3) is 0 Å². The number of carbonyl (C=O) groups is 2. The summed E-state index contributed by atoms with van der Waals surface area (Å²) in [5.74, 6) is -1.52. The number of esters is 2. The maximum absolute atomic E-state index is 12.2. The van der Waals surface area contributed by atoms with Crippen LogP contribution in [0.25, 0.3) is 0 Å². The predicted octanol–water partition coefficient (Wildman–Crippen LogP) is 2.59. The molecule has 0 saturated heterocycles. The molecule has 0 unspecified atom stereocenters. The minimum Gasteiger partial charge on any atom is -0.466 e. The van der Waals surface area contributed by atoms with Gasteiger partial charge in [0.05, 0.1) is 31.3 Å². The van der Waals surface area contributed by atoms with Gasteiger partial charge in [0.1, 0.15) is 0 Å². The third kappa shape index (κ3) is 3.06. The topological polar surface area (TPSA) is 55.8 Å². The van der Waals surface area contributed by atoms with Gasteiger partial charge in [-0.05, 0) is 11.6 Å². The third-order valence-electron chi connectivity index (χ3n) is 3.37. The zero-order valence-electron chi connectivity index (χ0n) is 12.5. The highest BCUT2D eigenvalue weighted by Gasteiger charge is 2.35. The van der Waals surface area contributed by atoms with Gasteiger partial charge in [-0.1, -0.05) is 34.1 Å². The minimum atomic E-state index is -0.549. The van der Waals surface area contributed by atoms with Crippen LogP contribution < -0.4 is 0 Å². The summed E-state index contributed by atoms with van der Waals surface area (Å²) < 4.78 is 10.5. The van der Waals surface area contributed by atoms with E-state index in [0.29, 0.717) is 11.1 Å². The Kier molecular flexibility index (Phi) is 5.03. The zero-order valence-corrected chi connectivity index (χ0v) is 14.1. The first-order valence-electron chi connectivity index (χ1n) is 6.56. The van der Waals surface area contributed by atoms with E-state index in [2.05, 4.69) is 15.9 Å². The number of methoxy groups -OCH3 is 2. The number of hydrogen-bond donors (Lipinski definition) is 0. The molecule has 0 bridgehead atoms. The minimum absolute atomic E-state index is 0.375. The molecule has 6 heteroatoms. The van der Waals surface area contributed by atoms with Crippen LogP contribution in [-0.4, -0.2) is 38.1 Å². The van der Waals surface area contributed by atoms with Crippen LogP contribution in [0.3, 0.4) is 0 Å². The lowest BCUT2D eigenvalue weighted by Gasteiger charge is -2.28. The summed E-state index contributed by atoms with van der Waals surface area (Å²) in [5.41, 5.74) is 1.54. The van der Waals surface area contributed by atoms with Crippen molar-refractivity contribution in [3.8, 4) is 0 Å². The number of ether oxygens (including phenoxy) is 2. The molecule has 1 aromatic rings. The van der Waals surface area contributed by atoms with E-state index in [-0.39, 0.29) is 0 Å². The van der Waals surface area contributed by atoms with E-state index in [0.717, 1.165) is 10.0 Å². The molecule has 0 radical (unpaired) electrons. The van der Waals surface area contributed by atoms with Crippen LogP contribution >= 0.6 is 15.9 Å². The number of benzene rings is 1. The summed E-state index contributed by atoms with van der Waals surface area (Å²) in [6, 6.07) is 7.43. The zero-order chi connectivity index (χ0) is 16.3. The summed E-state index contributed by atoms with van der Waals surface area (Å²) >= 11 is 3.47. The van der Waals surface area contributed by atoms with E-state index in [1.54, 1.807) is 24.3 Å². The second-order valence-corrected chi connectivity index (χ2v) is 5.63. The van der Waals surface area contributed by atoms with Crippen LogP contribution in [-0.2, 0) is 19.1 Å². The molecule has 2 rings (SSSR count). The van der Waals surface area contributed by atoms with Gasteiger partial charge < -0.3 is 14.4 Å². The first-order valence-corrected chi connectivity index (χ1v) is 7.35. The first kappa shape index (κ1) is 16.3. The Morgan fingerprint density at radius 2 is 1.55 bits per heavy atom. The Hall–Kier alpha value is -2.08. The molecule has 1 aromatic carbocycles. The standard InChI is InChI=1S/C16H16BrNO4/c1-18-8-11(15(19)21-2)14(12(9-18)16(20)22-3)10-6-4-5-7-13(10)17/h4-9,14H,1-3H3. The summed E-state index contributed by atoms with van der Waals surface area (Å²) in [6.45, 7) is 0. The molecule has 22 heavy (non-hydrogen) atoms. The lowest BCUT2D eigenvalue weighted by atomic mass is 9.83. The van der Waals surface area contributed by atoms with E-state index >= 15 is 0 Å². The SMILES string of the molecule is COC(=O)C1=CN(C)C=C(C(=O)OC)C1c1ccccc1Br. The monoisotopic (exact) mass is 365 g/mol. The van der Waals surface area contributed by atoms with Crippen molar-refractivity contribution >= 4 is 27.9 Å². The molecule has 0 fully saturated rings. The molecule has 0 aromatic heterocycles. The molecule has 0 spiro atoms. The van der Waals surface area contributed by atoms with Crippen molar-refractivity contribution in [2.24, 2.45) is 0 Å². The number of carbonyl (C=O) groups excluding carboxylic acids is 2. The summed E-state index contributed by atoms with van der Waals surface area (Å²) in [6.07, 6.45) is 3.31. The van der Waals surface area contributed by atoms with Crippen LogP contribution in [0.15, 0.2) is 52.3 Å². The third-order valence-corrected chi connectivity index (χ3v) is 4.09. The number of hydrogen-bond acceptors (Lipinski definition) is 5. The van der Waals surface area contributed by atoms with Crippen molar-refractivity contribution < 1.29 is 19.1 Å². The van der Waals surface area contributed by atoms with Gasteiger partial charge in [0.15, 0.2) is 0 Å². The molecule has 0 atom stereocenters. The number of nitrogens with zero attached hydrogens (tertiary/aromatic N) is 1. The van der Waals surface area contributed by atoms with Gasteiger partial charge in [0, 0.05) is 23.9 Å². The van der Waals surface area contributed by atoms with E-state index in [1.807, 2.05) is 24.3 Å². The lowest BCUT2D eigenvalue weighted by molar-refractivity contribution is -0.137. The second-order valence-electron chi connectivity index (χ2n) is 4.77. The Morgan fingerprint density at radius 3 is 2.00 bits per heavy atom. The molecule has 1 aliphatic rings. The molecule has 5 nitrogen and oxygen atoms in total. The molecular formula is C16H16BrNO4. The van der Waals surface area contributed by atoms with Crippen LogP contribution in [0.5, 0.6) is 0 Å². The van der Waals surface area contributed by atoms with Crippen LogP contribution in [0.2, 0.25) is 0 Å². The van der Waals surface area contributed by atoms with Gasteiger partial charge in [-0.2, -0.15) is 0 Å². The summed E-state index contributed by atoms with van der Waals surface area (Å²) in [7, 11) is 4.37. The maximum atomic E-state index is 12.2. The van der Waals surface area contributed by atoms with Crippen molar-refractivity contribution in [2.75, 3.05) is 21.3 Å². The van der Waals surface area contributed by atoms with Crippen molar-refractivity contribution in [3.63, 3.8) is 0 Å². The van der Waals surface area contributed by atoms with E-state index in [1.165, 1.54) is 14.2 Å². The normalized spacial score (nSPS) is 15.0. The molecule has 0 aliphatic carbocycles. The fourth-order valence-electron chi connectivity index (χ4n) is 2.41. The van der Waals surface area contributed by atoms with Gasteiger partial charge >= 0.3 is 11.9 Å². The average Bonchev–Trinajstić information content (AvgIpc) is 2.53. The van der Waals surface area contributed by atoms with Crippen LogP contribution in [0.4, 0.5) is 0 Å². The van der Waals surface area contributed by atoms with Gasteiger partial charge in [-0.15, -0.1) is 0 Å². The van der Waals surface area contributed by atoms with E-state index in [4.69, 9.17) is 9.47 Å². The summed E-state index contributed by atoms with van der Waals surface area (Å²) in [4.78, 5) is 25.9. The van der Waals surface area contributed by atoms with Crippen molar-refractivity contribution in [3.05, 3.63) is 57.8 Å². The number of halogens is 1. The van der Waals surface area contributed by atoms with Crippen molar-refractivity contribution in [1.29, 1.82) is 0 Å². The first-order chi connectivity index (χ1) is 10.5. The fourth-order valence-corrected chi connectivity index (χ4v) is 2.93. The Bertz CT molecular complexity index is 632. The molecule has 1 heterocycles. The molecule has 1 aliphatic heterocycles. The fraction of sp³-hybridized carbons (Fsp3) is 0.250. The summed E-state index contributed by atoms with van der Waals surface area (Å²) in [5, 5.41) is 0. The molecule has 0 saturated carbocycles. The molecular weight excluding hydrogens is 350 g/mol. The highest BCUT2D eigenvalue weighted by Crippen LogP contribution is 2.39. The van der Waals surface area contributed by atoms with Gasteiger partial charge in [-0.3, -0.25) is 0 Å². The quantitative estimate of drug-likeness (QED) is 0.770. The lowest BCUT2D eigenvalue weighted by Crippen LogP contribution is -2.27. The Balaban J connectivity index is 2.61. The van der Waals surface area contributed by atoms with Crippen molar-refractivity contribution in [1.82, 2.24) is 4.90 Å². The van der Waals surface area contributed by atoms with E-state index < -0.39 is 17.9 Å². The van der Waals surface area contributed by atoms with Crippen LogP contribution in [0.1, 0.15) is 11.5 Å². The predicted molar refractivity (Wildman–Crippen MR) is 84.8 cm³/mol. The highest BCUT2D eigenvalue weighted by atomic mass is 79.9. The highest BCUT2D eigenvalue weighted by molar-refractivity contribution is 9.10. The van der Waals surface area contributed by atoms with Gasteiger partial charge in [0.2, 0.25) is 0 Å². The van der Waals surface area contributed by atoms with Gasteiger partial charge in [-0.25, -0.2) is 9.59 Å². The largest absolute Gasteiger partial charge is 0.466 e. The average molecular weight is 366 g/mol. The Labute approximate surface area is 137 Å². The molecule has 0 amide bonds. The Morgan fingerprint density at radius 1 is 1.05 bits per heavy atom. The molecule has 116 valence electrons. The molecule has 0 N–H and O–H groups in total. The maximum Gasteiger partial charge on any atom is 0.336 e.